The molecule has 7 heteroatoms. The molecule has 0 bridgehead atoms. The summed E-state index contributed by atoms with van der Waals surface area (Å²) in [5.41, 5.74) is 3.33. The number of carbonyl (C=O) groups excluding carboxylic acids is 1. The Morgan fingerprint density at radius 1 is 1.46 bits per heavy atom. The fourth-order valence-electron chi connectivity index (χ4n) is 3.18. The first-order valence-electron chi connectivity index (χ1n) is 7.78. The molecule has 3 aromatic heterocycles. The van der Waals surface area contributed by atoms with Crippen LogP contribution in [-0.2, 0) is 4.79 Å². The average Bonchev–Trinajstić information content (AvgIpc) is 3.23. The van der Waals surface area contributed by atoms with Crippen molar-refractivity contribution in [1.82, 2.24) is 24.8 Å². The van der Waals surface area contributed by atoms with Crippen molar-refractivity contribution in [3.63, 3.8) is 0 Å². The molecule has 122 valence electrons. The van der Waals surface area contributed by atoms with E-state index in [9.17, 15) is 9.18 Å². The predicted octanol–water partition coefficient (Wildman–Crippen LogP) is 2.40. The predicted molar refractivity (Wildman–Crippen MR) is 89.1 cm³/mol. The first-order chi connectivity index (χ1) is 11.7. The molecule has 0 aliphatic carbocycles. The number of aryl methyl sites for hydroxylation is 1. The topological polar surface area (TPSA) is 74.8 Å². The molecule has 1 atom stereocenters. The van der Waals surface area contributed by atoms with Gasteiger partial charge in [-0.3, -0.25) is 4.90 Å². The summed E-state index contributed by atoms with van der Waals surface area (Å²) in [6.45, 7) is 2.78. The Hall–Kier alpha value is -2.67. The van der Waals surface area contributed by atoms with Crippen LogP contribution < -0.4 is 0 Å². The Morgan fingerprint density at radius 2 is 2.33 bits per heavy atom. The number of pyridine rings is 1. The molecule has 0 spiro atoms. The van der Waals surface area contributed by atoms with E-state index in [1.807, 2.05) is 19.1 Å². The van der Waals surface area contributed by atoms with Gasteiger partial charge in [-0.25, -0.2) is 19.3 Å². The monoisotopic (exact) mass is 325 g/mol. The first-order valence-corrected chi connectivity index (χ1v) is 7.78. The van der Waals surface area contributed by atoms with Crippen LogP contribution in [-0.4, -0.2) is 50.5 Å². The van der Waals surface area contributed by atoms with Crippen molar-refractivity contribution in [3.8, 4) is 0 Å². The van der Waals surface area contributed by atoms with E-state index in [2.05, 4.69) is 19.9 Å². The molecule has 4 rings (SSSR count). The summed E-state index contributed by atoms with van der Waals surface area (Å²) in [5.74, 6) is 0.766. The minimum Gasteiger partial charge on any atom is -0.342 e. The van der Waals surface area contributed by atoms with Gasteiger partial charge in [0.25, 0.3) is 0 Å². The van der Waals surface area contributed by atoms with Crippen molar-refractivity contribution in [2.75, 3.05) is 13.1 Å². The number of carbonyl (C=O) groups is 1. The minimum absolute atomic E-state index is 0.113. The maximum atomic E-state index is 14.0. The van der Waals surface area contributed by atoms with Gasteiger partial charge in [-0.2, -0.15) is 0 Å². The van der Waals surface area contributed by atoms with E-state index in [0.717, 1.165) is 33.4 Å². The van der Waals surface area contributed by atoms with Gasteiger partial charge in [-0.1, -0.05) is 6.08 Å². The van der Waals surface area contributed by atoms with E-state index in [0.29, 0.717) is 25.0 Å². The maximum Gasteiger partial charge on any atom is 0.160 e. The van der Waals surface area contributed by atoms with Crippen molar-refractivity contribution < 1.29 is 9.18 Å². The summed E-state index contributed by atoms with van der Waals surface area (Å²) in [6, 6.07) is 1.91. The Labute approximate surface area is 137 Å². The summed E-state index contributed by atoms with van der Waals surface area (Å²) < 4.78 is 14.0. The molecule has 0 saturated heterocycles. The van der Waals surface area contributed by atoms with Crippen molar-refractivity contribution in [1.29, 1.82) is 0 Å². The Bertz CT molecular complexity index is 964. The van der Waals surface area contributed by atoms with Crippen LogP contribution in [0, 0.1) is 6.92 Å². The van der Waals surface area contributed by atoms with Crippen LogP contribution in [0.4, 0.5) is 4.39 Å². The normalized spacial score (nSPS) is 16.7. The number of halogens is 1. The number of nitrogens with zero attached hydrogens (tertiary/aromatic N) is 4. The van der Waals surface area contributed by atoms with E-state index in [4.69, 9.17) is 0 Å². The molecule has 6 nitrogen and oxygen atoms in total. The summed E-state index contributed by atoms with van der Waals surface area (Å²) in [7, 11) is 0. The number of rotatable bonds is 4. The SMILES string of the molecule is Cc1nc(C2=CCN(C(F)CC=O)C2)c2c(cnc3nccc32)[nH]1. The average molecular weight is 325 g/mol. The zero-order valence-corrected chi connectivity index (χ0v) is 13.2. The van der Waals surface area contributed by atoms with Gasteiger partial charge in [0, 0.05) is 36.5 Å². The zero-order valence-electron chi connectivity index (χ0n) is 13.2. The van der Waals surface area contributed by atoms with Crippen molar-refractivity contribution in [2.24, 2.45) is 0 Å². The van der Waals surface area contributed by atoms with Crippen molar-refractivity contribution >= 4 is 33.8 Å². The third-order valence-electron chi connectivity index (χ3n) is 4.30. The molecule has 3 aromatic rings. The second kappa shape index (κ2) is 5.76. The van der Waals surface area contributed by atoms with Crippen molar-refractivity contribution in [3.05, 3.63) is 36.1 Å². The van der Waals surface area contributed by atoms with Gasteiger partial charge in [0.2, 0.25) is 0 Å². The molecular weight excluding hydrogens is 309 g/mol. The molecule has 0 fully saturated rings. The standard InChI is InChI=1S/C17H16FN5O/c1-10-21-13-8-20-17-12(2-5-19-17)15(13)16(22-10)11-3-6-23(9-11)14(18)4-7-24/h2-3,5,7-8,14H,4,6,9H2,1H3,(H,21,22). The lowest BCUT2D eigenvalue weighted by molar-refractivity contribution is -0.110. The van der Waals surface area contributed by atoms with Gasteiger partial charge in [-0.15, -0.1) is 0 Å². The molecule has 1 aliphatic heterocycles. The van der Waals surface area contributed by atoms with Crippen LogP contribution in [0.5, 0.6) is 0 Å². The van der Waals surface area contributed by atoms with E-state index in [1.54, 1.807) is 17.3 Å². The third kappa shape index (κ3) is 2.37. The fourth-order valence-corrected chi connectivity index (χ4v) is 3.18. The van der Waals surface area contributed by atoms with E-state index < -0.39 is 6.30 Å². The number of hydrogen-bond acceptors (Lipinski definition) is 5. The lowest BCUT2D eigenvalue weighted by Crippen LogP contribution is -2.30. The number of aromatic nitrogens is 4. The van der Waals surface area contributed by atoms with Crippen molar-refractivity contribution in [2.45, 2.75) is 19.6 Å². The number of nitrogens with one attached hydrogen (secondary N) is 1. The minimum atomic E-state index is -1.26. The molecule has 1 aliphatic rings. The molecule has 1 unspecified atom stereocenters. The smallest absolute Gasteiger partial charge is 0.160 e. The highest BCUT2D eigenvalue weighted by Gasteiger charge is 2.25. The van der Waals surface area contributed by atoms with Crippen LogP contribution in [0.3, 0.4) is 0 Å². The van der Waals surface area contributed by atoms with Gasteiger partial charge in [-0.05, 0) is 18.6 Å². The summed E-state index contributed by atoms with van der Waals surface area (Å²) in [5, 5.41) is 1.87. The Morgan fingerprint density at radius 3 is 3.17 bits per heavy atom. The van der Waals surface area contributed by atoms with E-state index >= 15 is 0 Å². The summed E-state index contributed by atoms with van der Waals surface area (Å²) in [4.78, 5) is 28.6. The van der Waals surface area contributed by atoms with Crippen LogP contribution in [0.1, 0.15) is 17.9 Å². The largest absolute Gasteiger partial charge is 0.342 e. The number of fused-ring (bicyclic) bond motifs is 3. The lowest BCUT2D eigenvalue weighted by Gasteiger charge is -2.19. The lowest BCUT2D eigenvalue weighted by atomic mass is 10.1. The van der Waals surface area contributed by atoms with Crippen LogP contribution in [0.25, 0.3) is 27.5 Å². The van der Waals surface area contributed by atoms with Crippen LogP contribution in [0.15, 0.2) is 24.5 Å². The highest BCUT2D eigenvalue weighted by atomic mass is 19.1. The second-order valence-electron chi connectivity index (χ2n) is 5.90. The Kier molecular flexibility index (Phi) is 3.57. The summed E-state index contributed by atoms with van der Waals surface area (Å²) >= 11 is 0. The highest BCUT2D eigenvalue weighted by Crippen LogP contribution is 2.31. The Balaban J connectivity index is 1.82. The number of aldehydes is 1. The maximum absolute atomic E-state index is 14.0. The molecule has 0 saturated carbocycles. The molecular formula is C17H16FN5O. The molecule has 0 amide bonds. The summed E-state index contributed by atoms with van der Waals surface area (Å²) in [6.07, 6.45) is 4.68. The number of H-pyrrole nitrogens is 1. The number of alkyl halides is 1. The molecule has 24 heavy (non-hydrogen) atoms. The van der Waals surface area contributed by atoms with E-state index in [1.165, 1.54) is 0 Å². The molecule has 4 heterocycles. The van der Waals surface area contributed by atoms with Crippen LogP contribution in [0.2, 0.25) is 0 Å². The highest BCUT2D eigenvalue weighted by molar-refractivity contribution is 6.08. The van der Waals surface area contributed by atoms with Gasteiger partial charge in [0.05, 0.1) is 17.4 Å². The molecule has 1 N–H and O–H groups in total. The number of aromatic amines is 1. The fraction of sp³-hybridized carbons (Fsp3) is 0.294. The molecule has 0 radical (unpaired) electrons. The van der Waals surface area contributed by atoms with Crippen LogP contribution >= 0.6 is 0 Å². The van der Waals surface area contributed by atoms with Gasteiger partial charge >= 0.3 is 0 Å². The zero-order chi connectivity index (χ0) is 16.7. The van der Waals surface area contributed by atoms with E-state index in [-0.39, 0.29) is 6.42 Å². The number of hydrogen-bond donors (Lipinski definition) is 1. The first kappa shape index (κ1) is 14.9. The van der Waals surface area contributed by atoms with Gasteiger partial charge < -0.3 is 9.78 Å². The third-order valence-corrected chi connectivity index (χ3v) is 4.30. The van der Waals surface area contributed by atoms with Gasteiger partial charge in [0.1, 0.15) is 12.1 Å². The quantitative estimate of drug-likeness (QED) is 0.589. The second-order valence-corrected chi connectivity index (χ2v) is 5.90. The van der Waals surface area contributed by atoms with Gasteiger partial charge in [0.15, 0.2) is 11.9 Å². The molecule has 0 aromatic carbocycles.